The second-order valence-electron chi connectivity index (χ2n) is 7.68. The topological polar surface area (TPSA) is 208 Å². The van der Waals surface area contributed by atoms with E-state index in [2.05, 4.69) is 16.0 Å². The first-order valence-corrected chi connectivity index (χ1v) is 11.5. The fourth-order valence-electron chi connectivity index (χ4n) is 2.61. The van der Waals surface area contributed by atoms with Crippen molar-refractivity contribution in [3.8, 4) is 0 Å². The number of nitrogens with two attached hydrogens (primary N) is 1. The van der Waals surface area contributed by atoms with Gasteiger partial charge < -0.3 is 37.0 Å². The quantitative estimate of drug-likeness (QED) is 0.145. The molecule has 0 saturated heterocycles. The molecule has 0 bridgehead atoms. The van der Waals surface area contributed by atoms with Crippen LogP contribution in [0.15, 0.2) is 0 Å². The van der Waals surface area contributed by atoms with Crippen LogP contribution in [0.25, 0.3) is 0 Å². The smallest absolute Gasteiger partial charge is 0.326 e. The molecule has 0 rings (SSSR count). The number of aliphatic hydroxyl groups is 1. The molecule has 0 aromatic heterocycles. The molecule has 0 fully saturated rings. The number of aliphatic carboxylic acids is 2. The van der Waals surface area contributed by atoms with Crippen molar-refractivity contribution in [1.29, 1.82) is 0 Å². The van der Waals surface area contributed by atoms with Gasteiger partial charge in [-0.25, -0.2) is 4.79 Å². The lowest BCUT2D eigenvalue weighted by Crippen LogP contribution is -2.60. The number of aliphatic hydroxyl groups excluding tert-OH is 1. The second-order valence-corrected chi connectivity index (χ2v) is 8.66. The van der Waals surface area contributed by atoms with Crippen molar-refractivity contribution >= 4 is 41.4 Å². The van der Waals surface area contributed by atoms with Gasteiger partial charge in [-0.15, -0.1) is 0 Å². The lowest BCUT2D eigenvalue weighted by atomic mass is 10.0. The van der Waals surface area contributed by atoms with E-state index in [9.17, 15) is 34.2 Å². The first-order chi connectivity index (χ1) is 14.8. The fourth-order valence-corrected chi connectivity index (χ4v) is 3.08. The van der Waals surface area contributed by atoms with Gasteiger partial charge >= 0.3 is 11.9 Å². The Kier molecular flexibility index (Phi) is 13.5. The third kappa shape index (κ3) is 10.8. The van der Waals surface area contributed by atoms with Gasteiger partial charge in [0.05, 0.1) is 12.1 Å². The molecule has 0 heterocycles. The van der Waals surface area contributed by atoms with Gasteiger partial charge in [-0.3, -0.25) is 19.2 Å². The molecule has 0 aromatic rings. The van der Waals surface area contributed by atoms with Crippen molar-refractivity contribution in [2.75, 3.05) is 12.0 Å². The van der Waals surface area contributed by atoms with E-state index in [4.69, 9.17) is 10.8 Å². The van der Waals surface area contributed by atoms with E-state index in [-0.39, 0.29) is 19.3 Å². The number of carbonyl (C=O) groups excluding carboxylic acids is 3. The van der Waals surface area contributed by atoms with E-state index in [0.29, 0.717) is 5.75 Å². The zero-order valence-electron chi connectivity index (χ0n) is 18.7. The third-order valence-corrected chi connectivity index (χ3v) is 5.19. The Morgan fingerprint density at radius 1 is 0.875 bits per heavy atom. The SMILES string of the molecule is CSCCC(NC(=O)C(NC(=O)C(N)CCC(=O)O)C(C)O)C(=O)NC(C(=O)O)C(C)C. The molecule has 0 aliphatic heterocycles. The third-order valence-electron chi connectivity index (χ3n) is 4.54. The van der Waals surface area contributed by atoms with E-state index in [1.54, 1.807) is 20.1 Å². The summed E-state index contributed by atoms with van der Waals surface area (Å²) in [6.45, 7) is 4.51. The standard InChI is InChI=1S/C19H34N4O8S/c1-9(2)14(19(30)31)22-17(28)12(7-8-32-4)21-18(29)15(10(3)24)23-16(27)11(20)5-6-13(25)26/h9-12,14-15,24H,5-8,20H2,1-4H3,(H,21,29)(H,22,28)(H,23,27)(H,25,26)(H,30,31). The van der Waals surface area contributed by atoms with Gasteiger partial charge in [0.1, 0.15) is 18.1 Å². The van der Waals surface area contributed by atoms with E-state index in [0.717, 1.165) is 0 Å². The fraction of sp³-hybridized carbons (Fsp3) is 0.737. The van der Waals surface area contributed by atoms with Crippen LogP contribution < -0.4 is 21.7 Å². The van der Waals surface area contributed by atoms with Crippen molar-refractivity contribution in [2.45, 2.75) is 70.3 Å². The molecule has 32 heavy (non-hydrogen) atoms. The van der Waals surface area contributed by atoms with Gasteiger partial charge in [0.15, 0.2) is 0 Å². The van der Waals surface area contributed by atoms with Crippen LogP contribution in [-0.2, 0) is 24.0 Å². The zero-order valence-corrected chi connectivity index (χ0v) is 19.5. The molecule has 5 unspecified atom stereocenters. The molecular weight excluding hydrogens is 444 g/mol. The van der Waals surface area contributed by atoms with Crippen LogP contribution >= 0.6 is 11.8 Å². The van der Waals surface area contributed by atoms with Crippen molar-refractivity contribution in [3.05, 3.63) is 0 Å². The average Bonchev–Trinajstić information content (AvgIpc) is 2.69. The van der Waals surface area contributed by atoms with Gasteiger partial charge in [-0.2, -0.15) is 11.8 Å². The summed E-state index contributed by atoms with van der Waals surface area (Å²) in [5.41, 5.74) is 5.63. The maximum Gasteiger partial charge on any atom is 0.326 e. The number of amides is 3. The largest absolute Gasteiger partial charge is 0.481 e. The second kappa shape index (κ2) is 14.6. The van der Waals surface area contributed by atoms with Gasteiger partial charge in [0, 0.05) is 6.42 Å². The summed E-state index contributed by atoms with van der Waals surface area (Å²) >= 11 is 1.41. The molecule has 0 saturated carbocycles. The minimum absolute atomic E-state index is 0.167. The molecule has 12 nitrogen and oxygen atoms in total. The highest BCUT2D eigenvalue weighted by Crippen LogP contribution is 2.07. The first kappa shape index (κ1) is 29.6. The van der Waals surface area contributed by atoms with Crippen LogP contribution in [0.4, 0.5) is 0 Å². The van der Waals surface area contributed by atoms with E-state index in [1.165, 1.54) is 18.7 Å². The van der Waals surface area contributed by atoms with Crippen LogP contribution in [-0.4, -0.2) is 87.3 Å². The van der Waals surface area contributed by atoms with Gasteiger partial charge in [0.25, 0.3) is 0 Å². The van der Waals surface area contributed by atoms with E-state index < -0.39 is 65.8 Å². The molecular formula is C19H34N4O8S. The zero-order chi connectivity index (χ0) is 25.0. The summed E-state index contributed by atoms with van der Waals surface area (Å²) < 4.78 is 0. The summed E-state index contributed by atoms with van der Waals surface area (Å²) in [4.78, 5) is 59.6. The number of hydrogen-bond donors (Lipinski definition) is 7. The van der Waals surface area contributed by atoms with Crippen LogP contribution in [0, 0.1) is 5.92 Å². The Hall–Kier alpha value is -2.38. The average molecular weight is 479 g/mol. The Bertz CT molecular complexity index is 674. The lowest BCUT2D eigenvalue weighted by molar-refractivity contribution is -0.143. The number of thioether (sulfide) groups is 1. The summed E-state index contributed by atoms with van der Waals surface area (Å²) in [7, 11) is 0. The van der Waals surface area contributed by atoms with Crippen molar-refractivity contribution in [3.63, 3.8) is 0 Å². The number of hydrogen-bond acceptors (Lipinski definition) is 8. The number of nitrogens with one attached hydrogen (secondary N) is 3. The van der Waals surface area contributed by atoms with Crippen LogP contribution in [0.5, 0.6) is 0 Å². The Morgan fingerprint density at radius 3 is 1.88 bits per heavy atom. The molecule has 0 aliphatic rings. The normalized spacial score (nSPS) is 15.7. The molecule has 0 radical (unpaired) electrons. The predicted molar refractivity (Wildman–Crippen MR) is 118 cm³/mol. The minimum Gasteiger partial charge on any atom is -0.481 e. The number of carbonyl (C=O) groups is 5. The molecule has 3 amide bonds. The Labute approximate surface area is 191 Å². The summed E-state index contributed by atoms with van der Waals surface area (Å²) in [5.74, 6) is -4.68. The van der Waals surface area contributed by atoms with Gasteiger partial charge in [0.2, 0.25) is 17.7 Å². The minimum atomic E-state index is -1.46. The molecule has 0 aromatic carbocycles. The first-order valence-electron chi connectivity index (χ1n) is 10.1. The van der Waals surface area contributed by atoms with Gasteiger partial charge in [-0.05, 0) is 37.7 Å². The lowest BCUT2D eigenvalue weighted by Gasteiger charge is -2.27. The number of rotatable bonds is 15. The summed E-state index contributed by atoms with van der Waals surface area (Å²) in [6.07, 6.45) is 0.110. The van der Waals surface area contributed by atoms with Crippen molar-refractivity contribution in [1.82, 2.24) is 16.0 Å². The van der Waals surface area contributed by atoms with Gasteiger partial charge in [-0.1, -0.05) is 13.8 Å². The summed E-state index contributed by atoms with van der Waals surface area (Å²) in [6, 6.07) is -4.92. The monoisotopic (exact) mass is 478 g/mol. The van der Waals surface area contributed by atoms with Crippen LogP contribution in [0.3, 0.4) is 0 Å². The number of carboxylic acid groups (broad SMARTS) is 2. The molecule has 184 valence electrons. The maximum atomic E-state index is 12.7. The molecule has 13 heteroatoms. The maximum absolute atomic E-state index is 12.7. The predicted octanol–water partition coefficient (Wildman–Crippen LogP) is -1.49. The highest BCUT2D eigenvalue weighted by atomic mass is 32.2. The Balaban J connectivity index is 5.34. The van der Waals surface area contributed by atoms with Crippen molar-refractivity contribution in [2.24, 2.45) is 11.7 Å². The molecule has 0 aliphatic carbocycles. The number of carboxylic acids is 2. The van der Waals surface area contributed by atoms with E-state index >= 15 is 0 Å². The molecule has 0 spiro atoms. The Morgan fingerprint density at radius 2 is 1.44 bits per heavy atom. The molecule has 8 N–H and O–H groups in total. The van der Waals surface area contributed by atoms with Crippen molar-refractivity contribution < 1.29 is 39.3 Å². The van der Waals surface area contributed by atoms with Crippen LogP contribution in [0.1, 0.15) is 40.0 Å². The highest BCUT2D eigenvalue weighted by molar-refractivity contribution is 7.98. The summed E-state index contributed by atoms with van der Waals surface area (Å²) in [5, 5.41) is 35.0. The van der Waals surface area contributed by atoms with Crippen LogP contribution in [0.2, 0.25) is 0 Å². The highest BCUT2D eigenvalue weighted by Gasteiger charge is 2.32. The van der Waals surface area contributed by atoms with E-state index in [1.807, 2.05) is 0 Å². The molecule has 5 atom stereocenters.